The summed E-state index contributed by atoms with van der Waals surface area (Å²) in [6.45, 7) is 9.59. The molecule has 2 aromatic heterocycles. The Hall–Kier alpha value is -2.62. The van der Waals surface area contributed by atoms with Crippen molar-refractivity contribution in [3.8, 4) is 5.75 Å². The van der Waals surface area contributed by atoms with Gasteiger partial charge in [-0.1, -0.05) is 26.8 Å². The van der Waals surface area contributed by atoms with Crippen LogP contribution in [0.1, 0.15) is 53.6 Å². The number of aromatic nitrogens is 2. The highest BCUT2D eigenvalue weighted by Crippen LogP contribution is 2.25. The van der Waals surface area contributed by atoms with E-state index < -0.39 is 0 Å². The van der Waals surface area contributed by atoms with Crippen LogP contribution in [0.4, 0.5) is 0 Å². The van der Waals surface area contributed by atoms with Crippen molar-refractivity contribution in [2.45, 2.75) is 41.0 Å². The lowest BCUT2D eigenvalue weighted by Gasteiger charge is -2.08. The Morgan fingerprint density at radius 3 is 2.38 bits per heavy atom. The molecule has 0 bridgehead atoms. The van der Waals surface area contributed by atoms with Gasteiger partial charge in [0.05, 0.1) is 5.69 Å². The fourth-order valence-corrected chi connectivity index (χ4v) is 2.76. The van der Waals surface area contributed by atoms with E-state index in [1.54, 1.807) is 26.0 Å². The van der Waals surface area contributed by atoms with Crippen LogP contribution in [0.5, 0.6) is 5.75 Å². The Kier molecular flexibility index (Phi) is 5.39. The highest BCUT2D eigenvalue weighted by molar-refractivity contribution is 6.09. The Morgan fingerprint density at radius 2 is 1.79 bits per heavy atom. The summed E-state index contributed by atoms with van der Waals surface area (Å²) in [4.78, 5) is 17.5. The van der Waals surface area contributed by atoms with Crippen molar-refractivity contribution in [2.24, 2.45) is 0 Å². The van der Waals surface area contributed by atoms with E-state index >= 15 is 0 Å². The summed E-state index contributed by atoms with van der Waals surface area (Å²) in [5.74, 6) is 0.173. The number of pyridine rings is 1. The van der Waals surface area contributed by atoms with Gasteiger partial charge in [0.25, 0.3) is 0 Å². The summed E-state index contributed by atoms with van der Waals surface area (Å²) < 4.78 is 1.83. The van der Waals surface area contributed by atoms with E-state index in [9.17, 15) is 9.90 Å². The summed E-state index contributed by atoms with van der Waals surface area (Å²) >= 11 is 0. The molecule has 0 saturated heterocycles. The van der Waals surface area contributed by atoms with E-state index in [4.69, 9.17) is 0 Å². The third kappa shape index (κ3) is 3.04. The Morgan fingerprint density at radius 1 is 1.17 bits per heavy atom. The molecule has 4 nitrogen and oxygen atoms in total. The maximum Gasteiger partial charge on any atom is 0.211 e. The zero-order valence-corrected chi connectivity index (χ0v) is 14.9. The number of nitrogens with zero attached hydrogens (tertiary/aromatic N) is 2. The first-order chi connectivity index (χ1) is 11.5. The molecule has 0 aliphatic carbocycles. The van der Waals surface area contributed by atoms with E-state index in [1.165, 1.54) is 0 Å². The topological polar surface area (TPSA) is 54.6 Å². The molecule has 1 aromatic carbocycles. The highest BCUT2D eigenvalue weighted by atomic mass is 16.3. The second-order valence-electron chi connectivity index (χ2n) is 5.48. The fraction of sp³-hybridized carbons (Fsp3) is 0.300. The highest BCUT2D eigenvalue weighted by Gasteiger charge is 2.20. The van der Waals surface area contributed by atoms with Crippen molar-refractivity contribution in [1.82, 2.24) is 9.38 Å². The second kappa shape index (κ2) is 7.30. The maximum absolute atomic E-state index is 13.0. The number of aryl methyl sites for hydroxylation is 3. The predicted octanol–water partition coefficient (Wildman–Crippen LogP) is 4.48. The van der Waals surface area contributed by atoms with E-state index in [0.717, 1.165) is 11.3 Å². The molecule has 2 heterocycles. The number of ketones is 1. The SMILES string of the molecule is CC.CCc1nc2ccccn2c1C(=O)c1cc(C)c(O)c(C)c1. The lowest BCUT2D eigenvalue weighted by atomic mass is 10.00. The Labute approximate surface area is 142 Å². The molecule has 1 N–H and O–H groups in total. The lowest BCUT2D eigenvalue weighted by molar-refractivity contribution is 0.103. The number of rotatable bonds is 3. The van der Waals surface area contributed by atoms with Crippen LogP contribution in [0.15, 0.2) is 36.5 Å². The summed E-state index contributed by atoms with van der Waals surface area (Å²) in [6, 6.07) is 9.14. The Bertz CT molecular complexity index is 855. The number of carbonyl (C=O) groups excluding carboxylic acids is 1. The van der Waals surface area contributed by atoms with Gasteiger partial charge in [0.15, 0.2) is 0 Å². The third-order valence-corrected chi connectivity index (χ3v) is 3.91. The van der Waals surface area contributed by atoms with Gasteiger partial charge in [-0.25, -0.2) is 4.98 Å². The van der Waals surface area contributed by atoms with Crippen molar-refractivity contribution in [3.05, 3.63) is 64.6 Å². The van der Waals surface area contributed by atoms with E-state index in [1.807, 2.05) is 49.6 Å². The number of benzene rings is 1. The number of aromatic hydroxyl groups is 1. The van der Waals surface area contributed by atoms with Crippen molar-refractivity contribution >= 4 is 11.4 Å². The average molecular weight is 324 g/mol. The average Bonchev–Trinajstić information content (AvgIpc) is 2.98. The molecule has 126 valence electrons. The molecule has 0 atom stereocenters. The number of hydrogen-bond donors (Lipinski definition) is 1. The lowest BCUT2D eigenvalue weighted by Crippen LogP contribution is -2.08. The van der Waals surface area contributed by atoms with Gasteiger partial charge in [-0.2, -0.15) is 0 Å². The van der Waals surface area contributed by atoms with Crippen LogP contribution < -0.4 is 0 Å². The number of fused-ring (bicyclic) bond motifs is 1. The van der Waals surface area contributed by atoms with Gasteiger partial charge in [-0.15, -0.1) is 0 Å². The van der Waals surface area contributed by atoms with E-state index in [2.05, 4.69) is 4.98 Å². The van der Waals surface area contributed by atoms with Gasteiger partial charge in [0, 0.05) is 11.8 Å². The molecule has 0 radical (unpaired) electrons. The van der Waals surface area contributed by atoms with Crippen LogP contribution in [0.3, 0.4) is 0 Å². The third-order valence-electron chi connectivity index (χ3n) is 3.91. The zero-order valence-electron chi connectivity index (χ0n) is 14.9. The van der Waals surface area contributed by atoms with Gasteiger partial charge in [-0.3, -0.25) is 9.20 Å². The zero-order chi connectivity index (χ0) is 17.9. The van der Waals surface area contributed by atoms with Crippen molar-refractivity contribution < 1.29 is 9.90 Å². The van der Waals surface area contributed by atoms with Crippen LogP contribution >= 0.6 is 0 Å². The molecule has 0 aliphatic rings. The smallest absolute Gasteiger partial charge is 0.211 e. The summed E-state index contributed by atoms with van der Waals surface area (Å²) in [6.07, 6.45) is 2.55. The van der Waals surface area contributed by atoms with Crippen LogP contribution in [0.25, 0.3) is 5.65 Å². The summed E-state index contributed by atoms with van der Waals surface area (Å²) in [7, 11) is 0. The first-order valence-corrected chi connectivity index (χ1v) is 8.33. The number of imidazole rings is 1. The molecule has 0 saturated carbocycles. The Balaban J connectivity index is 0.00000100. The standard InChI is InChI=1S/C18H18N2O2.C2H6/c1-4-14-16(20-8-6-5-7-15(20)19-14)18(22)13-9-11(2)17(21)12(3)10-13;1-2/h5-10,21H,4H2,1-3H3;1-2H3. The molecular weight excluding hydrogens is 300 g/mol. The van der Waals surface area contributed by atoms with Crippen molar-refractivity contribution in [2.75, 3.05) is 0 Å². The minimum Gasteiger partial charge on any atom is -0.507 e. The largest absolute Gasteiger partial charge is 0.507 e. The van der Waals surface area contributed by atoms with E-state index in [-0.39, 0.29) is 11.5 Å². The maximum atomic E-state index is 13.0. The summed E-state index contributed by atoms with van der Waals surface area (Å²) in [5, 5.41) is 9.89. The molecule has 0 unspecified atom stereocenters. The van der Waals surface area contributed by atoms with Crippen LogP contribution in [0.2, 0.25) is 0 Å². The van der Waals surface area contributed by atoms with Crippen LogP contribution in [0, 0.1) is 13.8 Å². The number of hydrogen-bond acceptors (Lipinski definition) is 3. The van der Waals surface area contributed by atoms with Crippen LogP contribution in [-0.4, -0.2) is 20.3 Å². The molecule has 0 fully saturated rings. The fourth-order valence-electron chi connectivity index (χ4n) is 2.76. The molecule has 4 heteroatoms. The minimum atomic E-state index is -0.0678. The monoisotopic (exact) mass is 324 g/mol. The van der Waals surface area contributed by atoms with Gasteiger partial charge in [0.1, 0.15) is 17.1 Å². The molecular formula is C20H24N2O2. The number of phenolic OH excluding ortho intramolecular Hbond substituents is 1. The predicted molar refractivity (Wildman–Crippen MR) is 96.9 cm³/mol. The molecule has 0 amide bonds. The molecule has 3 rings (SSSR count). The van der Waals surface area contributed by atoms with Gasteiger partial charge >= 0.3 is 0 Å². The van der Waals surface area contributed by atoms with Crippen LogP contribution in [-0.2, 0) is 6.42 Å². The van der Waals surface area contributed by atoms with Gasteiger partial charge < -0.3 is 5.11 Å². The minimum absolute atomic E-state index is 0.0678. The van der Waals surface area contributed by atoms with Gasteiger partial charge in [0.2, 0.25) is 5.78 Å². The first-order valence-electron chi connectivity index (χ1n) is 8.33. The van der Waals surface area contributed by atoms with E-state index in [0.29, 0.717) is 28.8 Å². The van der Waals surface area contributed by atoms with Crippen molar-refractivity contribution in [3.63, 3.8) is 0 Å². The van der Waals surface area contributed by atoms with Gasteiger partial charge in [-0.05, 0) is 55.7 Å². The first kappa shape index (κ1) is 17.7. The molecule has 0 spiro atoms. The quantitative estimate of drug-likeness (QED) is 0.723. The number of phenols is 1. The second-order valence-corrected chi connectivity index (χ2v) is 5.48. The van der Waals surface area contributed by atoms with Crippen molar-refractivity contribution in [1.29, 1.82) is 0 Å². The molecule has 24 heavy (non-hydrogen) atoms. The molecule has 0 aliphatic heterocycles. The number of carbonyl (C=O) groups is 1. The summed E-state index contributed by atoms with van der Waals surface area (Å²) in [5.41, 5.74) is 4.15. The normalized spacial score (nSPS) is 10.4. The molecule has 3 aromatic rings.